The maximum atomic E-state index is 12.9. The number of hydrogen-bond donors (Lipinski definition) is 0. The van der Waals surface area contributed by atoms with Gasteiger partial charge in [-0.1, -0.05) is 0 Å². The van der Waals surface area contributed by atoms with Gasteiger partial charge in [-0.25, -0.2) is 33.4 Å². The second-order valence-electron chi connectivity index (χ2n) is 8.66. The normalized spacial score (nSPS) is 21.3. The summed E-state index contributed by atoms with van der Waals surface area (Å²) in [5.74, 6) is -0.548. The van der Waals surface area contributed by atoms with Gasteiger partial charge in [0.25, 0.3) is 6.43 Å². The van der Waals surface area contributed by atoms with Gasteiger partial charge in [-0.3, -0.25) is 0 Å². The van der Waals surface area contributed by atoms with Crippen LogP contribution in [0.4, 0.5) is 33.5 Å². The van der Waals surface area contributed by atoms with Gasteiger partial charge in [0, 0.05) is 31.6 Å². The van der Waals surface area contributed by atoms with E-state index in [-0.39, 0.29) is 5.41 Å². The van der Waals surface area contributed by atoms with Crippen molar-refractivity contribution in [1.82, 2.24) is 29.7 Å². The highest BCUT2D eigenvalue weighted by Gasteiger charge is 2.44. The van der Waals surface area contributed by atoms with Crippen molar-refractivity contribution in [3.63, 3.8) is 0 Å². The highest BCUT2D eigenvalue weighted by molar-refractivity contribution is 5.74. The molecule has 0 amide bonds. The topological polar surface area (TPSA) is 75.9 Å². The summed E-state index contributed by atoms with van der Waals surface area (Å²) in [5.41, 5.74) is 1.89. The molecular weight excluding hydrogens is 447 g/mol. The quantitative estimate of drug-likeness (QED) is 0.544. The maximum Gasteiger partial charge on any atom is 0.451 e. The molecule has 33 heavy (non-hydrogen) atoms. The molecule has 3 aromatic heterocycles. The van der Waals surface area contributed by atoms with Crippen LogP contribution >= 0.6 is 0 Å². The van der Waals surface area contributed by atoms with E-state index in [0.29, 0.717) is 48.0 Å². The molecule has 1 unspecified atom stereocenters. The molecule has 2 aliphatic rings. The van der Waals surface area contributed by atoms with Crippen molar-refractivity contribution < 1.29 is 22.0 Å². The van der Waals surface area contributed by atoms with E-state index in [1.54, 1.807) is 13.1 Å². The molecule has 176 valence electrons. The van der Waals surface area contributed by atoms with Gasteiger partial charge in [0.15, 0.2) is 5.65 Å². The Morgan fingerprint density at radius 1 is 1.00 bits per heavy atom. The number of hydrogen-bond acceptors (Lipinski definition) is 7. The van der Waals surface area contributed by atoms with Gasteiger partial charge in [0.1, 0.15) is 17.9 Å². The zero-order valence-corrected chi connectivity index (χ0v) is 17.7. The number of alkyl halides is 5. The van der Waals surface area contributed by atoms with Crippen LogP contribution in [0.25, 0.3) is 11.2 Å². The standard InChI is InChI=1S/C20H21F5N8/c1-12-16-17(33(30-12)9-14(21)22)29-15(8-26-16)32-5-3-19(11-32)2-4-31(10-19)13-6-27-18(28-7-13)20(23,24)25/h6-8,14H,2-5,9-11H2,1H3. The van der Waals surface area contributed by atoms with Crippen molar-refractivity contribution in [2.24, 2.45) is 5.41 Å². The summed E-state index contributed by atoms with van der Waals surface area (Å²) in [7, 11) is 0. The van der Waals surface area contributed by atoms with Gasteiger partial charge >= 0.3 is 6.18 Å². The van der Waals surface area contributed by atoms with Crippen LogP contribution in [0.5, 0.6) is 0 Å². The minimum Gasteiger partial charge on any atom is -0.368 e. The molecule has 1 atom stereocenters. The van der Waals surface area contributed by atoms with Gasteiger partial charge < -0.3 is 9.80 Å². The third-order valence-electron chi connectivity index (χ3n) is 6.37. The van der Waals surface area contributed by atoms with Crippen molar-refractivity contribution in [3.05, 3.63) is 30.1 Å². The number of aromatic nitrogens is 6. The van der Waals surface area contributed by atoms with Gasteiger partial charge in [-0.15, -0.1) is 0 Å². The van der Waals surface area contributed by atoms with Crippen LogP contribution < -0.4 is 9.80 Å². The molecule has 0 bridgehead atoms. The predicted molar refractivity (Wildman–Crippen MR) is 109 cm³/mol. The fourth-order valence-electron chi connectivity index (χ4n) is 4.74. The lowest BCUT2D eigenvalue weighted by Gasteiger charge is -2.25. The molecule has 0 saturated carbocycles. The van der Waals surface area contributed by atoms with Gasteiger partial charge in [0.2, 0.25) is 5.82 Å². The lowest BCUT2D eigenvalue weighted by atomic mass is 9.86. The van der Waals surface area contributed by atoms with Crippen molar-refractivity contribution in [2.45, 2.75) is 38.9 Å². The van der Waals surface area contributed by atoms with Crippen LogP contribution in [0, 0.1) is 12.3 Å². The van der Waals surface area contributed by atoms with Crippen LogP contribution in [0.1, 0.15) is 24.4 Å². The molecule has 0 N–H and O–H groups in total. The van der Waals surface area contributed by atoms with E-state index >= 15 is 0 Å². The lowest BCUT2D eigenvalue weighted by molar-refractivity contribution is -0.144. The summed E-state index contributed by atoms with van der Waals surface area (Å²) in [5, 5.41) is 4.14. The first-order chi connectivity index (χ1) is 15.6. The Labute approximate surface area is 185 Å². The molecule has 13 heteroatoms. The summed E-state index contributed by atoms with van der Waals surface area (Å²) in [4.78, 5) is 20.0. The van der Waals surface area contributed by atoms with Crippen LogP contribution in [-0.4, -0.2) is 62.3 Å². The Hall–Kier alpha value is -3.12. The van der Waals surface area contributed by atoms with Gasteiger partial charge in [-0.2, -0.15) is 18.3 Å². The molecule has 3 aromatic rings. The molecule has 0 aliphatic carbocycles. The van der Waals surface area contributed by atoms with E-state index in [9.17, 15) is 22.0 Å². The van der Waals surface area contributed by atoms with E-state index in [1.807, 2.05) is 4.90 Å². The highest BCUT2D eigenvalue weighted by Crippen LogP contribution is 2.42. The maximum absolute atomic E-state index is 12.9. The summed E-state index contributed by atoms with van der Waals surface area (Å²) in [6, 6.07) is 0. The Kier molecular flexibility index (Phi) is 5.09. The Morgan fingerprint density at radius 3 is 2.33 bits per heavy atom. The molecule has 2 saturated heterocycles. The average Bonchev–Trinajstić information content (AvgIpc) is 3.46. The van der Waals surface area contributed by atoms with Crippen molar-refractivity contribution >= 4 is 22.7 Å². The second kappa shape index (κ2) is 7.73. The summed E-state index contributed by atoms with van der Waals surface area (Å²) in [6.45, 7) is 3.93. The first kappa shape index (κ1) is 21.7. The summed E-state index contributed by atoms with van der Waals surface area (Å²) >= 11 is 0. The molecule has 0 radical (unpaired) electrons. The Morgan fingerprint density at radius 2 is 1.67 bits per heavy atom. The minimum atomic E-state index is -4.57. The predicted octanol–water partition coefficient (Wildman–Crippen LogP) is 3.32. The molecule has 1 spiro atoms. The van der Waals surface area contributed by atoms with Crippen LogP contribution in [0.2, 0.25) is 0 Å². The third-order valence-corrected chi connectivity index (χ3v) is 6.37. The van der Waals surface area contributed by atoms with Crippen LogP contribution in [-0.2, 0) is 12.7 Å². The summed E-state index contributed by atoms with van der Waals surface area (Å²) < 4.78 is 65.2. The molecule has 8 nitrogen and oxygen atoms in total. The zero-order valence-electron chi connectivity index (χ0n) is 17.7. The molecule has 0 aromatic carbocycles. The summed E-state index contributed by atoms with van der Waals surface area (Å²) in [6.07, 6.45) is -1.31. The monoisotopic (exact) mass is 468 g/mol. The van der Waals surface area contributed by atoms with Crippen molar-refractivity contribution in [1.29, 1.82) is 0 Å². The Balaban J connectivity index is 1.32. The highest BCUT2D eigenvalue weighted by atomic mass is 19.4. The van der Waals surface area contributed by atoms with Crippen molar-refractivity contribution in [2.75, 3.05) is 36.0 Å². The Bertz CT molecular complexity index is 1160. The van der Waals surface area contributed by atoms with Crippen LogP contribution in [0.15, 0.2) is 18.6 Å². The molecule has 2 fully saturated rings. The van der Waals surface area contributed by atoms with Gasteiger partial charge in [-0.05, 0) is 19.8 Å². The number of rotatable bonds is 4. The number of nitrogens with zero attached hydrogens (tertiary/aromatic N) is 8. The molecule has 5 rings (SSSR count). The average molecular weight is 468 g/mol. The molecule has 2 aliphatic heterocycles. The van der Waals surface area contributed by atoms with E-state index in [0.717, 1.165) is 19.4 Å². The fourth-order valence-corrected chi connectivity index (χ4v) is 4.74. The SMILES string of the molecule is Cc1nn(CC(F)F)c2nc(N3CCC4(CCN(c5cnc(C(F)(F)F)nc5)C4)C3)cnc12. The number of halogens is 5. The first-order valence-electron chi connectivity index (χ1n) is 10.5. The lowest BCUT2D eigenvalue weighted by Crippen LogP contribution is -2.31. The second-order valence-corrected chi connectivity index (χ2v) is 8.66. The molecular formula is C20H21F5N8. The molecule has 5 heterocycles. The van der Waals surface area contributed by atoms with E-state index < -0.39 is 25.0 Å². The number of anilines is 2. The number of fused-ring (bicyclic) bond motifs is 1. The third kappa shape index (κ3) is 4.04. The minimum absolute atomic E-state index is 0.0571. The van der Waals surface area contributed by atoms with Gasteiger partial charge in [0.05, 0.1) is 30.0 Å². The van der Waals surface area contributed by atoms with Crippen molar-refractivity contribution in [3.8, 4) is 0 Å². The smallest absolute Gasteiger partial charge is 0.368 e. The van der Waals surface area contributed by atoms with E-state index in [2.05, 4.69) is 29.9 Å². The van der Waals surface area contributed by atoms with E-state index in [4.69, 9.17) is 0 Å². The number of aryl methyl sites for hydroxylation is 1. The zero-order chi connectivity index (χ0) is 23.4. The van der Waals surface area contributed by atoms with E-state index in [1.165, 1.54) is 17.1 Å². The first-order valence-corrected chi connectivity index (χ1v) is 10.5. The largest absolute Gasteiger partial charge is 0.451 e. The fraction of sp³-hybridized carbons (Fsp3) is 0.550. The van der Waals surface area contributed by atoms with Crippen LogP contribution in [0.3, 0.4) is 0 Å².